The highest BCUT2D eigenvalue weighted by Crippen LogP contribution is 2.38. The van der Waals surface area contributed by atoms with Crippen LogP contribution in [0.2, 0.25) is 0 Å². The van der Waals surface area contributed by atoms with Gasteiger partial charge in [0.1, 0.15) is 29.1 Å². The van der Waals surface area contributed by atoms with Gasteiger partial charge in [0.05, 0.1) is 24.6 Å². The molecule has 1 unspecified atom stereocenters. The van der Waals surface area contributed by atoms with E-state index < -0.39 is 36.8 Å². The number of amides is 2. The molecule has 1 aliphatic heterocycles. The number of aromatic nitrogens is 6. The molecule has 2 fully saturated rings. The van der Waals surface area contributed by atoms with Crippen LogP contribution in [-0.4, -0.2) is 65.4 Å². The highest BCUT2D eigenvalue weighted by atomic mass is 19.3. The van der Waals surface area contributed by atoms with Crippen LogP contribution >= 0.6 is 0 Å². The summed E-state index contributed by atoms with van der Waals surface area (Å²) in [5, 5.41) is 7.18. The Morgan fingerprint density at radius 1 is 1.12 bits per heavy atom. The van der Waals surface area contributed by atoms with Crippen molar-refractivity contribution >= 4 is 22.8 Å². The van der Waals surface area contributed by atoms with Crippen molar-refractivity contribution in [3.8, 4) is 11.1 Å². The van der Waals surface area contributed by atoms with Crippen molar-refractivity contribution in [3.63, 3.8) is 0 Å². The number of hydrogen-bond acceptors (Lipinski definition) is 6. The van der Waals surface area contributed by atoms with Gasteiger partial charge in [-0.25, -0.2) is 28.1 Å². The maximum absolute atomic E-state index is 16.0. The molecule has 2 N–H and O–H groups in total. The second-order valence-electron chi connectivity index (χ2n) is 11.1. The maximum atomic E-state index is 16.0. The Morgan fingerprint density at radius 3 is 2.56 bits per heavy atom. The van der Waals surface area contributed by atoms with Gasteiger partial charge < -0.3 is 15.2 Å². The van der Waals surface area contributed by atoms with Crippen molar-refractivity contribution in [3.05, 3.63) is 59.9 Å². The number of fused-ring (bicyclic) bond motifs is 1. The van der Waals surface area contributed by atoms with Gasteiger partial charge in [-0.3, -0.25) is 14.3 Å². The average molecular weight is 567 g/mol. The van der Waals surface area contributed by atoms with Gasteiger partial charge in [0.2, 0.25) is 0 Å². The molecule has 6 rings (SSSR count). The molecule has 1 aliphatic carbocycles. The number of carbonyl (C=O) groups is 2. The van der Waals surface area contributed by atoms with Crippen LogP contribution in [-0.2, 0) is 7.05 Å². The lowest BCUT2D eigenvalue weighted by molar-refractivity contribution is -0.113. The van der Waals surface area contributed by atoms with Gasteiger partial charge >= 0.3 is 0 Å². The Hall–Kier alpha value is -4.29. The summed E-state index contributed by atoms with van der Waals surface area (Å²) in [7, 11) is 1.68. The molecule has 3 aromatic heterocycles. The Labute approximate surface area is 233 Å². The number of carbonyl (C=O) groups excluding carboxylic acids is 2. The fourth-order valence-corrected chi connectivity index (χ4v) is 5.76. The van der Waals surface area contributed by atoms with E-state index in [2.05, 4.69) is 37.3 Å². The molecule has 214 valence electrons. The number of alkyl halides is 2. The Kier molecular flexibility index (Phi) is 6.74. The van der Waals surface area contributed by atoms with Gasteiger partial charge in [0.25, 0.3) is 17.7 Å². The largest absolute Gasteiger partial charge is 0.340 e. The van der Waals surface area contributed by atoms with Crippen molar-refractivity contribution in [1.29, 1.82) is 0 Å². The van der Waals surface area contributed by atoms with E-state index >= 15 is 4.39 Å². The lowest BCUT2D eigenvalue weighted by Crippen LogP contribution is -2.58. The molecule has 0 spiro atoms. The van der Waals surface area contributed by atoms with E-state index in [0.717, 1.165) is 36.9 Å². The van der Waals surface area contributed by atoms with Crippen LogP contribution in [0.1, 0.15) is 65.5 Å². The number of benzene rings is 1. The summed E-state index contributed by atoms with van der Waals surface area (Å²) in [6.07, 6.45) is 7.73. The van der Waals surface area contributed by atoms with Crippen molar-refractivity contribution in [2.75, 3.05) is 13.1 Å². The van der Waals surface area contributed by atoms with Crippen molar-refractivity contribution in [2.24, 2.45) is 18.9 Å². The van der Waals surface area contributed by atoms with Crippen LogP contribution in [0, 0.1) is 17.7 Å². The molecule has 41 heavy (non-hydrogen) atoms. The average Bonchev–Trinajstić information content (AvgIpc) is 3.57. The van der Waals surface area contributed by atoms with Gasteiger partial charge in [-0.15, -0.1) is 0 Å². The number of likely N-dealkylation sites (tertiary alicyclic amines) is 1. The zero-order valence-electron chi connectivity index (χ0n) is 22.6. The van der Waals surface area contributed by atoms with E-state index in [1.54, 1.807) is 25.4 Å². The predicted octanol–water partition coefficient (Wildman–Crippen LogP) is 4.28. The minimum Gasteiger partial charge on any atom is -0.340 e. The normalized spacial score (nSPS) is 21.0. The first-order valence-corrected chi connectivity index (χ1v) is 13.6. The first kappa shape index (κ1) is 26.9. The third-order valence-corrected chi connectivity index (χ3v) is 8.11. The van der Waals surface area contributed by atoms with Crippen molar-refractivity contribution in [1.82, 2.24) is 39.9 Å². The van der Waals surface area contributed by atoms with E-state index in [-0.39, 0.29) is 34.2 Å². The molecule has 4 aromatic rings. The molecule has 10 nitrogen and oxygen atoms in total. The lowest BCUT2D eigenvalue weighted by atomic mass is 9.79. The summed E-state index contributed by atoms with van der Waals surface area (Å²) in [4.78, 5) is 42.8. The summed E-state index contributed by atoms with van der Waals surface area (Å²) in [5.41, 5.74) is 0.774. The molecule has 2 aliphatic rings. The number of H-pyrrole nitrogens is 1. The van der Waals surface area contributed by atoms with Crippen LogP contribution < -0.4 is 5.32 Å². The van der Waals surface area contributed by atoms with Crippen LogP contribution in [0.3, 0.4) is 0 Å². The molecule has 2 amide bonds. The Morgan fingerprint density at radius 2 is 1.88 bits per heavy atom. The number of hydrogen-bond donors (Lipinski definition) is 2. The number of nitrogens with one attached hydrogen (secondary N) is 2. The fraction of sp³-hybridized carbons (Fsp3) is 0.429. The highest BCUT2D eigenvalue weighted by molar-refractivity contribution is 6.00. The molecule has 13 heteroatoms. The van der Waals surface area contributed by atoms with Crippen molar-refractivity contribution in [2.45, 2.75) is 44.6 Å². The SMILES string of the molecule is CC1CCC(C(NC(=O)c2ccnn2C)c2nc3c(F)c(-c4cncnc4C(=O)N4CC(F)(F)C4)ccc3[nH]2)CC1. The third-order valence-electron chi connectivity index (χ3n) is 8.11. The van der Waals surface area contributed by atoms with E-state index in [9.17, 15) is 18.4 Å². The first-order valence-electron chi connectivity index (χ1n) is 13.6. The van der Waals surface area contributed by atoms with E-state index in [1.165, 1.54) is 16.9 Å². The zero-order chi connectivity index (χ0) is 28.9. The van der Waals surface area contributed by atoms with Gasteiger partial charge in [-0.05, 0) is 42.9 Å². The quantitative estimate of drug-likeness (QED) is 0.359. The van der Waals surface area contributed by atoms with Crippen LogP contribution in [0.5, 0.6) is 0 Å². The van der Waals surface area contributed by atoms with Gasteiger partial charge in [0, 0.05) is 30.6 Å². The van der Waals surface area contributed by atoms with E-state index in [0.29, 0.717) is 23.0 Å². The molecule has 1 saturated carbocycles. The Bertz CT molecular complexity index is 1620. The second-order valence-corrected chi connectivity index (χ2v) is 11.1. The molecular formula is C28H29F3N8O2. The molecule has 4 heterocycles. The van der Waals surface area contributed by atoms with Crippen LogP contribution in [0.4, 0.5) is 13.2 Å². The number of nitrogens with zero attached hydrogens (tertiary/aromatic N) is 6. The zero-order valence-corrected chi connectivity index (χ0v) is 22.6. The number of halogens is 3. The topological polar surface area (TPSA) is 122 Å². The first-order chi connectivity index (χ1) is 19.6. The fourth-order valence-electron chi connectivity index (χ4n) is 5.76. The molecular weight excluding hydrogens is 537 g/mol. The van der Waals surface area contributed by atoms with E-state index in [4.69, 9.17) is 0 Å². The predicted molar refractivity (Wildman–Crippen MR) is 142 cm³/mol. The third kappa shape index (κ3) is 5.04. The summed E-state index contributed by atoms with van der Waals surface area (Å²) in [5.74, 6) is -3.59. The smallest absolute Gasteiger partial charge is 0.282 e. The summed E-state index contributed by atoms with van der Waals surface area (Å²) < 4.78 is 44.3. The number of aromatic amines is 1. The van der Waals surface area contributed by atoms with Crippen molar-refractivity contribution < 1.29 is 22.8 Å². The maximum Gasteiger partial charge on any atom is 0.282 e. The van der Waals surface area contributed by atoms with Crippen LogP contribution in [0.15, 0.2) is 36.9 Å². The molecule has 0 radical (unpaired) electrons. The number of rotatable bonds is 6. The molecule has 1 aromatic carbocycles. The summed E-state index contributed by atoms with van der Waals surface area (Å²) >= 11 is 0. The number of aryl methyl sites for hydroxylation is 1. The minimum atomic E-state index is -2.95. The van der Waals surface area contributed by atoms with Gasteiger partial charge in [-0.1, -0.05) is 19.8 Å². The van der Waals surface area contributed by atoms with Gasteiger partial charge in [-0.2, -0.15) is 5.10 Å². The second kappa shape index (κ2) is 10.3. The highest BCUT2D eigenvalue weighted by Gasteiger charge is 2.47. The molecule has 1 saturated heterocycles. The number of imidazole rings is 1. The van der Waals surface area contributed by atoms with Crippen LogP contribution in [0.25, 0.3) is 22.2 Å². The Balaban J connectivity index is 1.35. The van der Waals surface area contributed by atoms with Gasteiger partial charge in [0.15, 0.2) is 5.82 Å². The monoisotopic (exact) mass is 566 g/mol. The lowest BCUT2D eigenvalue weighted by Gasteiger charge is -2.38. The van der Waals surface area contributed by atoms with E-state index in [1.807, 2.05) is 0 Å². The standard InChI is InChI=1S/C28H29F3N8O2/c1-15-3-5-16(6-4-15)22(37-26(40)20-9-10-34-38(20)2)25-35-19-8-7-17(21(29)24(19)36-25)18-11-32-14-33-23(18)27(41)39-12-28(30,31)13-39/h7-11,14-16,22H,3-6,12-13H2,1-2H3,(H,35,36)(H,37,40). The molecule has 1 atom stereocenters. The minimum absolute atomic E-state index is 0.0220. The summed E-state index contributed by atoms with van der Waals surface area (Å²) in [6, 6.07) is 4.24. The molecule has 0 bridgehead atoms. The summed E-state index contributed by atoms with van der Waals surface area (Å²) in [6.45, 7) is 0.772.